The highest BCUT2D eigenvalue weighted by molar-refractivity contribution is 5.96. The second-order valence-electron chi connectivity index (χ2n) is 4.13. The van der Waals surface area contributed by atoms with Gasteiger partial charge in [-0.1, -0.05) is 0 Å². The molecule has 0 aliphatic heterocycles. The largest absolute Gasteiger partial charge is 0.481 e. The van der Waals surface area contributed by atoms with E-state index in [0.29, 0.717) is 0 Å². The summed E-state index contributed by atoms with van der Waals surface area (Å²) in [4.78, 5) is 23.5. The fraction of sp³-hybridized carbons (Fsp3) is 0.778. The lowest BCUT2D eigenvalue weighted by Crippen LogP contribution is -2.46. The summed E-state index contributed by atoms with van der Waals surface area (Å²) in [5.74, 6) is -2.41. The number of rotatable bonds is 2. The van der Waals surface area contributed by atoms with Crippen molar-refractivity contribution in [1.82, 2.24) is 4.90 Å². The third-order valence-electron chi connectivity index (χ3n) is 2.08. The number of hydrogen-bond donors (Lipinski definition) is 1. The van der Waals surface area contributed by atoms with Crippen LogP contribution in [0.3, 0.4) is 0 Å². The molecule has 0 radical (unpaired) electrons. The lowest BCUT2D eigenvalue weighted by Gasteiger charge is -2.33. The van der Waals surface area contributed by atoms with Crippen LogP contribution in [0.4, 0.5) is 0 Å². The molecule has 0 aromatic carbocycles. The summed E-state index contributed by atoms with van der Waals surface area (Å²) in [5, 5.41) is 8.62. The first-order valence-corrected chi connectivity index (χ1v) is 4.18. The summed E-state index contributed by atoms with van der Waals surface area (Å²) >= 11 is 0. The van der Waals surface area contributed by atoms with Crippen molar-refractivity contribution in [3.8, 4) is 0 Å². The molecule has 0 bridgehead atoms. The first kappa shape index (κ1) is 11.9. The molecule has 0 rings (SSSR count). The fourth-order valence-corrected chi connectivity index (χ4v) is 0.727. The minimum absolute atomic E-state index is 0.333. The van der Waals surface area contributed by atoms with Gasteiger partial charge in [-0.3, -0.25) is 9.59 Å². The van der Waals surface area contributed by atoms with E-state index >= 15 is 0 Å². The normalized spacial score (nSPS) is 13.6. The smallest absolute Gasteiger partial charge is 0.315 e. The third kappa shape index (κ3) is 3.05. The van der Waals surface area contributed by atoms with Crippen LogP contribution in [-0.2, 0) is 9.59 Å². The maximum absolute atomic E-state index is 11.5. The average molecular weight is 187 g/mol. The molecule has 13 heavy (non-hydrogen) atoms. The maximum Gasteiger partial charge on any atom is 0.315 e. The van der Waals surface area contributed by atoms with Gasteiger partial charge in [0.25, 0.3) is 0 Å². The fourth-order valence-electron chi connectivity index (χ4n) is 0.727. The summed E-state index contributed by atoms with van der Waals surface area (Å²) in [6.45, 7) is 6.98. The second kappa shape index (κ2) is 3.77. The van der Waals surface area contributed by atoms with Crippen LogP contribution in [0.5, 0.6) is 0 Å². The van der Waals surface area contributed by atoms with Gasteiger partial charge in [0.2, 0.25) is 5.91 Å². The van der Waals surface area contributed by atoms with Crippen LogP contribution in [-0.4, -0.2) is 34.5 Å². The predicted molar refractivity (Wildman–Crippen MR) is 49.3 cm³/mol. The molecule has 4 nitrogen and oxygen atoms in total. The van der Waals surface area contributed by atoms with E-state index in [9.17, 15) is 9.59 Å². The van der Waals surface area contributed by atoms with Crippen LogP contribution in [0.1, 0.15) is 27.7 Å². The highest BCUT2D eigenvalue weighted by atomic mass is 16.4. The first-order valence-electron chi connectivity index (χ1n) is 4.18. The molecule has 0 heterocycles. The van der Waals surface area contributed by atoms with Crippen LogP contribution in [0.15, 0.2) is 0 Å². The molecule has 0 saturated carbocycles. The van der Waals surface area contributed by atoms with E-state index in [-0.39, 0.29) is 11.4 Å². The van der Waals surface area contributed by atoms with E-state index in [2.05, 4.69) is 0 Å². The summed E-state index contributed by atoms with van der Waals surface area (Å²) in [6.07, 6.45) is 0. The zero-order valence-electron chi connectivity index (χ0n) is 8.79. The second-order valence-corrected chi connectivity index (χ2v) is 4.13. The van der Waals surface area contributed by atoms with Crippen LogP contribution < -0.4 is 0 Å². The van der Waals surface area contributed by atoms with Crippen molar-refractivity contribution in [2.45, 2.75) is 33.2 Å². The Kier molecular flexibility index (Phi) is 3.46. The van der Waals surface area contributed by atoms with Crippen LogP contribution in [0.2, 0.25) is 0 Å². The standard InChI is InChI=1S/C9H17NO3/c1-6(8(12)13)7(11)10(5)9(2,3)4/h6H,1-5H3,(H,12,13). The predicted octanol–water partition coefficient (Wildman–Crippen LogP) is 0.964. The monoisotopic (exact) mass is 187 g/mol. The molecule has 0 fully saturated rings. The Morgan fingerprint density at radius 2 is 1.69 bits per heavy atom. The molecule has 1 N–H and O–H groups in total. The minimum Gasteiger partial charge on any atom is -0.481 e. The van der Waals surface area contributed by atoms with Gasteiger partial charge in [-0.05, 0) is 27.7 Å². The van der Waals surface area contributed by atoms with Crippen molar-refractivity contribution in [2.75, 3.05) is 7.05 Å². The molecule has 0 aromatic rings. The van der Waals surface area contributed by atoms with Crippen molar-refractivity contribution in [1.29, 1.82) is 0 Å². The lowest BCUT2D eigenvalue weighted by atomic mass is 10.0. The van der Waals surface area contributed by atoms with Gasteiger partial charge in [0.05, 0.1) is 0 Å². The quantitative estimate of drug-likeness (QED) is 0.655. The van der Waals surface area contributed by atoms with Crippen molar-refractivity contribution >= 4 is 11.9 Å². The zero-order chi connectivity index (χ0) is 10.8. The molecule has 0 aliphatic rings. The van der Waals surface area contributed by atoms with Gasteiger partial charge in [0.15, 0.2) is 0 Å². The molecule has 76 valence electrons. The summed E-state index contributed by atoms with van der Waals surface area (Å²) in [7, 11) is 1.61. The topological polar surface area (TPSA) is 57.6 Å². The molecular weight excluding hydrogens is 170 g/mol. The van der Waals surface area contributed by atoms with Gasteiger partial charge in [0, 0.05) is 12.6 Å². The van der Waals surface area contributed by atoms with Gasteiger partial charge in [0.1, 0.15) is 5.92 Å². The Balaban J connectivity index is 4.53. The Morgan fingerprint density at radius 3 is 1.92 bits per heavy atom. The number of aliphatic carboxylic acids is 1. The van der Waals surface area contributed by atoms with E-state index in [1.165, 1.54) is 11.8 Å². The van der Waals surface area contributed by atoms with E-state index in [1.807, 2.05) is 20.8 Å². The summed E-state index contributed by atoms with van der Waals surface area (Å²) < 4.78 is 0. The van der Waals surface area contributed by atoms with Crippen molar-refractivity contribution < 1.29 is 14.7 Å². The average Bonchev–Trinajstić information content (AvgIpc) is 1.98. The maximum atomic E-state index is 11.5. The molecule has 1 unspecified atom stereocenters. The third-order valence-corrected chi connectivity index (χ3v) is 2.08. The number of carboxylic acid groups (broad SMARTS) is 1. The molecule has 4 heteroatoms. The number of amides is 1. The van der Waals surface area contributed by atoms with Crippen molar-refractivity contribution in [2.24, 2.45) is 5.92 Å². The highest BCUT2D eigenvalue weighted by Crippen LogP contribution is 2.14. The van der Waals surface area contributed by atoms with Gasteiger partial charge in [-0.25, -0.2) is 0 Å². The van der Waals surface area contributed by atoms with Gasteiger partial charge in [-0.2, -0.15) is 0 Å². The van der Waals surface area contributed by atoms with Crippen molar-refractivity contribution in [3.05, 3.63) is 0 Å². The molecule has 0 spiro atoms. The van der Waals surface area contributed by atoms with Crippen LogP contribution >= 0.6 is 0 Å². The first-order chi connectivity index (χ1) is 5.68. The Labute approximate surface area is 78.5 Å². The minimum atomic E-state index is -1.08. The van der Waals surface area contributed by atoms with E-state index in [1.54, 1.807) is 7.05 Å². The van der Waals surface area contributed by atoms with Crippen LogP contribution in [0.25, 0.3) is 0 Å². The molecule has 1 amide bonds. The molecular formula is C9H17NO3. The van der Waals surface area contributed by atoms with E-state index < -0.39 is 11.9 Å². The molecule has 0 aliphatic carbocycles. The lowest BCUT2D eigenvalue weighted by molar-refractivity contribution is -0.151. The van der Waals surface area contributed by atoms with Gasteiger partial charge in [-0.15, -0.1) is 0 Å². The molecule has 1 atom stereocenters. The Hall–Kier alpha value is -1.06. The van der Waals surface area contributed by atoms with E-state index in [4.69, 9.17) is 5.11 Å². The number of carboxylic acids is 1. The van der Waals surface area contributed by atoms with E-state index in [0.717, 1.165) is 0 Å². The Morgan fingerprint density at radius 1 is 1.31 bits per heavy atom. The highest BCUT2D eigenvalue weighted by Gasteiger charge is 2.29. The zero-order valence-corrected chi connectivity index (χ0v) is 8.79. The number of carbonyl (C=O) groups excluding carboxylic acids is 1. The Bertz CT molecular complexity index is 217. The van der Waals surface area contributed by atoms with Crippen LogP contribution in [0, 0.1) is 5.92 Å². The number of carbonyl (C=O) groups is 2. The number of nitrogens with zero attached hydrogens (tertiary/aromatic N) is 1. The van der Waals surface area contributed by atoms with Crippen molar-refractivity contribution in [3.63, 3.8) is 0 Å². The van der Waals surface area contributed by atoms with Gasteiger partial charge < -0.3 is 10.0 Å². The summed E-state index contributed by atoms with van der Waals surface area (Å²) in [6, 6.07) is 0. The van der Waals surface area contributed by atoms with Gasteiger partial charge >= 0.3 is 5.97 Å². The molecule has 0 saturated heterocycles. The number of hydrogen-bond acceptors (Lipinski definition) is 2. The summed E-state index contributed by atoms with van der Waals surface area (Å²) in [5.41, 5.74) is -0.333. The SMILES string of the molecule is CC(C(=O)O)C(=O)N(C)C(C)(C)C. The molecule has 0 aromatic heterocycles.